The van der Waals surface area contributed by atoms with Crippen molar-refractivity contribution < 1.29 is 28.2 Å². The summed E-state index contributed by atoms with van der Waals surface area (Å²) in [6.45, 7) is 2.69. The number of ether oxygens (including phenoxy) is 2. The number of esters is 1. The van der Waals surface area contributed by atoms with Crippen LogP contribution in [0, 0.1) is 5.82 Å². The molecule has 0 aliphatic heterocycles. The van der Waals surface area contributed by atoms with Crippen LogP contribution in [-0.4, -0.2) is 30.1 Å². The smallest absolute Gasteiger partial charge is 0.347 e. The average molecular weight is 298 g/mol. The van der Waals surface area contributed by atoms with Gasteiger partial charge in [0.1, 0.15) is 11.6 Å². The molecular formula is C13H15FN2O5. The van der Waals surface area contributed by atoms with Gasteiger partial charge in [0.05, 0.1) is 0 Å². The van der Waals surface area contributed by atoms with Gasteiger partial charge in [-0.25, -0.2) is 14.0 Å². The van der Waals surface area contributed by atoms with Crippen LogP contribution in [0.2, 0.25) is 0 Å². The minimum Gasteiger partial charge on any atom is -0.479 e. The number of hydrogen-bond donors (Lipinski definition) is 2. The molecule has 1 aromatic rings. The Kier molecular flexibility index (Phi) is 5.65. The van der Waals surface area contributed by atoms with Crippen molar-refractivity contribution in [2.75, 3.05) is 0 Å². The van der Waals surface area contributed by atoms with Gasteiger partial charge in [0, 0.05) is 0 Å². The molecule has 2 atom stereocenters. The summed E-state index contributed by atoms with van der Waals surface area (Å²) in [5.41, 5.74) is 4.77. The first-order valence-corrected chi connectivity index (χ1v) is 6.02. The number of urea groups is 1. The number of imide groups is 1. The Balaban J connectivity index is 2.52. The van der Waals surface area contributed by atoms with Gasteiger partial charge in [-0.3, -0.25) is 10.1 Å². The quantitative estimate of drug-likeness (QED) is 0.779. The van der Waals surface area contributed by atoms with Crippen LogP contribution in [0.25, 0.3) is 0 Å². The van der Waals surface area contributed by atoms with Gasteiger partial charge in [-0.15, -0.1) is 0 Å². The van der Waals surface area contributed by atoms with Crippen molar-refractivity contribution in [2.24, 2.45) is 5.73 Å². The van der Waals surface area contributed by atoms with E-state index in [1.54, 1.807) is 5.32 Å². The van der Waals surface area contributed by atoms with Crippen LogP contribution in [0.15, 0.2) is 24.3 Å². The minimum atomic E-state index is -1.20. The number of carbonyl (C=O) groups is 3. The molecule has 0 bridgehead atoms. The molecule has 7 nitrogen and oxygen atoms in total. The van der Waals surface area contributed by atoms with Gasteiger partial charge in [-0.1, -0.05) is 0 Å². The van der Waals surface area contributed by atoms with E-state index in [1.165, 1.54) is 38.1 Å². The molecule has 0 radical (unpaired) electrons. The summed E-state index contributed by atoms with van der Waals surface area (Å²) < 4.78 is 22.8. The van der Waals surface area contributed by atoms with Crippen LogP contribution in [0.1, 0.15) is 13.8 Å². The molecule has 0 aliphatic carbocycles. The second-order valence-corrected chi connectivity index (χ2v) is 4.15. The van der Waals surface area contributed by atoms with Gasteiger partial charge >= 0.3 is 12.0 Å². The number of amides is 3. The summed E-state index contributed by atoms with van der Waals surface area (Å²) in [5, 5.41) is 1.78. The molecule has 0 saturated heterocycles. The van der Waals surface area contributed by atoms with Crippen molar-refractivity contribution in [1.29, 1.82) is 0 Å². The van der Waals surface area contributed by atoms with E-state index in [0.29, 0.717) is 0 Å². The average Bonchev–Trinajstić information content (AvgIpc) is 2.40. The van der Waals surface area contributed by atoms with E-state index < -0.39 is 35.9 Å². The van der Waals surface area contributed by atoms with Crippen molar-refractivity contribution in [3.05, 3.63) is 30.1 Å². The second kappa shape index (κ2) is 7.22. The summed E-state index contributed by atoms with van der Waals surface area (Å²) in [6.07, 6.45) is -2.22. The number of benzene rings is 1. The van der Waals surface area contributed by atoms with Crippen LogP contribution in [0.4, 0.5) is 9.18 Å². The van der Waals surface area contributed by atoms with Crippen molar-refractivity contribution in [1.82, 2.24) is 5.32 Å². The molecule has 21 heavy (non-hydrogen) atoms. The standard InChI is InChI=1S/C13H15FN2O5/c1-7(11(17)16-13(15)19)21-12(18)8(2)20-10-5-3-9(14)4-6-10/h3-8H,1-2H3,(H3,15,16,17,19)/t7-,8+/m0/s1. The number of halogens is 1. The number of hydrogen-bond acceptors (Lipinski definition) is 5. The van der Waals surface area contributed by atoms with Crippen molar-refractivity contribution in [2.45, 2.75) is 26.1 Å². The molecule has 0 spiro atoms. The molecule has 0 aliphatic rings. The van der Waals surface area contributed by atoms with E-state index in [1.807, 2.05) is 0 Å². The summed E-state index contributed by atoms with van der Waals surface area (Å²) in [6, 6.07) is 4.01. The Morgan fingerprint density at radius 2 is 1.71 bits per heavy atom. The molecule has 0 unspecified atom stereocenters. The molecule has 3 N–H and O–H groups in total. The fourth-order valence-electron chi connectivity index (χ4n) is 1.31. The molecular weight excluding hydrogens is 283 g/mol. The van der Waals surface area contributed by atoms with E-state index in [9.17, 15) is 18.8 Å². The van der Waals surface area contributed by atoms with Crippen molar-refractivity contribution in [3.63, 3.8) is 0 Å². The van der Waals surface area contributed by atoms with Gasteiger partial charge < -0.3 is 15.2 Å². The first-order valence-electron chi connectivity index (χ1n) is 6.02. The fraction of sp³-hybridized carbons (Fsp3) is 0.308. The lowest BCUT2D eigenvalue weighted by molar-refractivity contribution is -0.160. The third kappa shape index (κ3) is 5.47. The van der Waals surface area contributed by atoms with Crippen LogP contribution in [-0.2, 0) is 14.3 Å². The number of rotatable bonds is 5. The van der Waals surface area contributed by atoms with E-state index in [-0.39, 0.29) is 5.75 Å². The topological polar surface area (TPSA) is 108 Å². The Labute approximate surface area is 120 Å². The zero-order valence-corrected chi connectivity index (χ0v) is 11.5. The summed E-state index contributed by atoms with van der Waals surface area (Å²) in [4.78, 5) is 33.5. The van der Waals surface area contributed by atoms with Crippen LogP contribution in [0.3, 0.4) is 0 Å². The summed E-state index contributed by atoms with van der Waals surface area (Å²) >= 11 is 0. The van der Waals surface area contributed by atoms with Gasteiger partial charge in [-0.05, 0) is 38.1 Å². The first-order chi connectivity index (χ1) is 9.79. The summed E-state index contributed by atoms with van der Waals surface area (Å²) in [7, 11) is 0. The number of nitrogens with two attached hydrogens (primary N) is 1. The number of primary amides is 1. The highest BCUT2D eigenvalue weighted by Gasteiger charge is 2.23. The lowest BCUT2D eigenvalue weighted by Crippen LogP contribution is -2.43. The highest BCUT2D eigenvalue weighted by molar-refractivity contribution is 5.96. The normalized spacial score (nSPS) is 12.9. The zero-order valence-electron chi connectivity index (χ0n) is 11.5. The first kappa shape index (κ1) is 16.4. The molecule has 0 aromatic heterocycles. The van der Waals surface area contributed by atoms with Crippen LogP contribution < -0.4 is 15.8 Å². The van der Waals surface area contributed by atoms with Crippen LogP contribution >= 0.6 is 0 Å². The van der Waals surface area contributed by atoms with E-state index >= 15 is 0 Å². The fourth-order valence-corrected chi connectivity index (χ4v) is 1.31. The molecule has 114 valence electrons. The van der Waals surface area contributed by atoms with Gasteiger partial charge in [0.2, 0.25) is 0 Å². The Morgan fingerprint density at radius 1 is 1.14 bits per heavy atom. The maximum Gasteiger partial charge on any atom is 0.347 e. The highest BCUT2D eigenvalue weighted by atomic mass is 19.1. The lowest BCUT2D eigenvalue weighted by atomic mass is 10.3. The largest absolute Gasteiger partial charge is 0.479 e. The van der Waals surface area contributed by atoms with Gasteiger partial charge in [0.15, 0.2) is 12.2 Å². The van der Waals surface area contributed by atoms with Crippen LogP contribution in [0.5, 0.6) is 5.75 Å². The Bertz CT molecular complexity index is 532. The maximum atomic E-state index is 12.7. The minimum absolute atomic E-state index is 0.273. The monoisotopic (exact) mass is 298 g/mol. The SMILES string of the molecule is C[C@H](OC(=O)[C@@H](C)Oc1ccc(F)cc1)C(=O)NC(N)=O. The van der Waals surface area contributed by atoms with Crippen molar-refractivity contribution in [3.8, 4) is 5.75 Å². The summed E-state index contributed by atoms with van der Waals surface area (Å²) in [5.74, 6) is -1.82. The molecule has 0 heterocycles. The number of nitrogens with one attached hydrogen (secondary N) is 1. The van der Waals surface area contributed by atoms with E-state index in [2.05, 4.69) is 0 Å². The lowest BCUT2D eigenvalue weighted by Gasteiger charge is -2.17. The third-order valence-electron chi connectivity index (χ3n) is 2.37. The molecule has 0 fully saturated rings. The van der Waals surface area contributed by atoms with Gasteiger partial charge in [-0.2, -0.15) is 0 Å². The van der Waals surface area contributed by atoms with E-state index in [0.717, 1.165) is 0 Å². The molecule has 8 heteroatoms. The molecule has 1 aromatic carbocycles. The maximum absolute atomic E-state index is 12.7. The van der Waals surface area contributed by atoms with E-state index in [4.69, 9.17) is 15.2 Å². The predicted molar refractivity (Wildman–Crippen MR) is 69.8 cm³/mol. The Hall–Kier alpha value is -2.64. The van der Waals surface area contributed by atoms with Gasteiger partial charge in [0.25, 0.3) is 5.91 Å². The third-order valence-corrected chi connectivity index (χ3v) is 2.37. The Morgan fingerprint density at radius 3 is 2.24 bits per heavy atom. The van der Waals surface area contributed by atoms with Crippen molar-refractivity contribution >= 4 is 17.9 Å². The predicted octanol–water partition coefficient (Wildman–Crippen LogP) is 0.720. The number of carbonyl (C=O) groups excluding carboxylic acids is 3. The highest BCUT2D eigenvalue weighted by Crippen LogP contribution is 2.13. The molecule has 3 amide bonds. The zero-order chi connectivity index (χ0) is 16.0. The second-order valence-electron chi connectivity index (χ2n) is 4.15. The molecule has 0 saturated carbocycles. The molecule has 1 rings (SSSR count).